The fraction of sp³-hybridized carbons (Fsp3) is 0.320. The SMILES string of the molecule is C=CC(C)(O)CN(Cc1c(-c2ccccc2)nn(C)c1Oc1ccc(F)cc1)C1CC1. The molecule has 31 heavy (non-hydrogen) atoms. The van der Waals surface area contributed by atoms with E-state index in [4.69, 9.17) is 9.84 Å². The fourth-order valence-corrected chi connectivity index (χ4v) is 3.70. The number of ether oxygens (including phenoxy) is 1. The van der Waals surface area contributed by atoms with Gasteiger partial charge in [0.25, 0.3) is 0 Å². The van der Waals surface area contributed by atoms with E-state index in [0.29, 0.717) is 30.8 Å². The Labute approximate surface area is 182 Å². The van der Waals surface area contributed by atoms with Crippen LogP contribution >= 0.6 is 0 Å². The van der Waals surface area contributed by atoms with Crippen molar-refractivity contribution in [2.24, 2.45) is 7.05 Å². The number of halogens is 1. The monoisotopic (exact) mass is 421 g/mol. The zero-order valence-corrected chi connectivity index (χ0v) is 18.0. The normalized spacial score (nSPS) is 15.6. The third-order valence-electron chi connectivity index (χ3n) is 5.55. The van der Waals surface area contributed by atoms with Crippen molar-refractivity contribution in [3.05, 3.63) is 78.6 Å². The third kappa shape index (κ3) is 5.03. The van der Waals surface area contributed by atoms with Crippen LogP contribution in [0.25, 0.3) is 11.3 Å². The van der Waals surface area contributed by atoms with E-state index < -0.39 is 5.60 Å². The second kappa shape index (κ2) is 8.65. The van der Waals surface area contributed by atoms with E-state index >= 15 is 0 Å². The highest BCUT2D eigenvalue weighted by Gasteiger charge is 2.35. The molecular formula is C25H28FN3O2. The molecule has 1 unspecified atom stereocenters. The smallest absolute Gasteiger partial charge is 0.222 e. The average molecular weight is 422 g/mol. The molecule has 1 atom stereocenters. The molecule has 1 N–H and O–H groups in total. The van der Waals surface area contributed by atoms with Gasteiger partial charge in [-0.1, -0.05) is 36.4 Å². The first-order chi connectivity index (χ1) is 14.9. The van der Waals surface area contributed by atoms with Gasteiger partial charge in [0.05, 0.1) is 11.2 Å². The summed E-state index contributed by atoms with van der Waals surface area (Å²) >= 11 is 0. The lowest BCUT2D eigenvalue weighted by atomic mass is 10.0. The molecule has 1 fully saturated rings. The summed E-state index contributed by atoms with van der Waals surface area (Å²) in [7, 11) is 1.84. The Hall–Kier alpha value is -2.96. The lowest BCUT2D eigenvalue weighted by molar-refractivity contribution is 0.0550. The molecule has 162 valence electrons. The highest BCUT2D eigenvalue weighted by atomic mass is 19.1. The van der Waals surface area contributed by atoms with E-state index in [1.54, 1.807) is 29.8 Å². The topological polar surface area (TPSA) is 50.5 Å². The first kappa shape index (κ1) is 21.3. The van der Waals surface area contributed by atoms with Crippen LogP contribution in [0, 0.1) is 5.82 Å². The van der Waals surface area contributed by atoms with Gasteiger partial charge in [-0.2, -0.15) is 5.10 Å². The van der Waals surface area contributed by atoms with Crippen molar-refractivity contribution in [1.29, 1.82) is 0 Å². The minimum Gasteiger partial charge on any atom is -0.439 e. The summed E-state index contributed by atoms with van der Waals surface area (Å²) in [6.45, 7) is 6.59. The van der Waals surface area contributed by atoms with Crippen LogP contribution in [0.15, 0.2) is 67.3 Å². The highest BCUT2D eigenvalue weighted by molar-refractivity contribution is 5.65. The van der Waals surface area contributed by atoms with Gasteiger partial charge in [0.15, 0.2) is 0 Å². The quantitative estimate of drug-likeness (QED) is 0.498. The van der Waals surface area contributed by atoms with Gasteiger partial charge in [0, 0.05) is 31.7 Å². The van der Waals surface area contributed by atoms with Crippen molar-refractivity contribution >= 4 is 0 Å². The maximum atomic E-state index is 13.4. The number of aliphatic hydroxyl groups is 1. The van der Waals surface area contributed by atoms with Crippen molar-refractivity contribution < 1.29 is 14.2 Å². The van der Waals surface area contributed by atoms with Crippen LogP contribution in [0.2, 0.25) is 0 Å². The van der Waals surface area contributed by atoms with Crippen LogP contribution in [-0.2, 0) is 13.6 Å². The molecule has 1 heterocycles. The Balaban J connectivity index is 1.73. The number of nitrogens with zero attached hydrogens (tertiary/aromatic N) is 3. The van der Waals surface area contributed by atoms with Crippen LogP contribution in [0.4, 0.5) is 4.39 Å². The molecule has 2 aromatic carbocycles. The van der Waals surface area contributed by atoms with Gasteiger partial charge in [-0.05, 0) is 44.0 Å². The van der Waals surface area contributed by atoms with Crippen LogP contribution in [0.3, 0.4) is 0 Å². The van der Waals surface area contributed by atoms with Gasteiger partial charge in [0.1, 0.15) is 17.3 Å². The van der Waals surface area contributed by atoms with Crippen LogP contribution < -0.4 is 4.74 Å². The number of benzene rings is 2. The minimum absolute atomic E-state index is 0.311. The van der Waals surface area contributed by atoms with E-state index in [1.165, 1.54) is 12.1 Å². The van der Waals surface area contributed by atoms with E-state index in [9.17, 15) is 9.50 Å². The molecule has 0 aliphatic heterocycles. The number of aryl methyl sites for hydroxylation is 1. The van der Waals surface area contributed by atoms with Crippen molar-refractivity contribution in [2.75, 3.05) is 6.54 Å². The van der Waals surface area contributed by atoms with Crippen molar-refractivity contribution in [3.63, 3.8) is 0 Å². The number of hydrogen-bond donors (Lipinski definition) is 1. The lowest BCUT2D eigenvalue weighted by Crippen LogP contribution is -2.40. The summed E-state index contributed by atoms with van der Waals surface area (Å²) in [6, 6.07) is 16.4. The molecule has 3 aromatic rings. The highest BCUT2D eigenvalue weighted by Crippen LogP contribution is 2.37. The van der Waals surface area contributed by atoms with Gasteiger partial charge >= 0.3 is 0 Å². The predicted molar refractivity (Wildman–Crippen MR) is 119 cm³/mol. The van der Waals surface area contributed by atoms with Crippen molar-refractivity contribution in [3.8, 4) is 22.9 Å². The molecule has 0 radical (unpaired) electrons. The maximum absolute atomic E-state index is 13.4. The summed E-state index contributed by atoms with van der Waals surface area (Å²) in [5.74, 6) is 0.838. The Kier molecular flexibility index (Phi) is 5.94. The van der Waals surface area contributed by atoms with Gasteiger partial charge in [-0.3, -0.25) is 4.90 Å². The molecule has 1 aliphatic rings. The Morgan fingerprint density at radius 3 is 2.52 bits per heavy atom. The summed E-state index contributed by atoms with van der Waals surface area (Å²) < 4.78 is 21.3. The molecule has 1 aromatic heterocycles. The molecule has 0 spiro atoms. The van der Waals surface area contributed by atoms with E-state index in [2.05, 4.69) is 11.5 Å². The maximum Gasteiger partial charge on any atom is 0.222 e. The van der Waals surface area contributed by atoms with Crippen LogP contribution in [0.1, 0.15) is 25.3 Å². The summed E-state index contributed by atoms with van der Waals surface area (Å²) in [6.07, 6.45) is 3.78. The largest absolute Gasteiger partial charge is 0.439 e. The standard InChI is InChI=1S/C25H28FN3O2/c1-4-25(2,30)17-29(20-12-13-20)16-22-23(18-8-6-5-7-9-18)27-28(3)24(22)31-21-14-10-19(26)11-15-21/h4-11,14-15,20,30H,1,12-13,16-17H2,2-3H3. The average Bonchev–Trinajstić information content (AvgIpc) is 3.57. The summed E-state index contributed by atoms with van der Waals surface area (Å²) in [4.78, 5) is 2.27. The molecule has 1 aliphatic carbocycles. The van der Waals surface area contributed by atoms with Crippen LogP contribution in [0.5, 0.6) is 11.6 Å². The molecule has 1 saturated carbocycles. The van der Waals surface area contributed by atoms with Gasteiger partial charge in [-0.25, -0.2) is 9.07 Å². The molecule has 5 nitrogen and oxygen atoms in total. The zero-order chi connectivity index (χ0) is 22.0. The van der Waals surface area contributed by atoms with E-state index in [0.717, 1.165) is 29.7 Å². The number of aromatic nitrogens is 2. The predicted octanol–water partition coefficient (Wildman–Crippen LogP) is 4.92. The Morgan fingerprint density at radius 2 is 1.90 bits per heavy atom. The summed E-state index contributed by atoms with van der Waals surface area (Å²) in [5.41, 5.74) is 1.78. The van der Waals surface area contributed by atoms with Gasteiger partial charge in [-0.15, -0.1) is 6.58 Å². The number of rotatable bonds is 9. The van der Waals surface area contributed by atoms with E-state index in [1.807, 2.05) is 37.4 Å². The molecule has 0 saturated heterocycles. The number of hydrogen-bond acceptors (Lipinski definition) is 4. The van der Waals surface area contributed by atoms with Crippen LogP contribution in [-0.4, -0.2) is 38.0 Å². The van der Waals surface area contributed by atoms with Crippen molar-refractivity contribution in [2.45, 2.75) is 38.0 Å². The molecule has 4 rings (SSSR count). The van der Waals surface area contributed by atoms with Gasteiger partial charge < -0.3 is 9.84 Å². The Morgan fingerprint density at radius 1 is 1.23 bits per heavy atom. The third-order valence-corrected chi connectivity index (χ3v) is 5.55. The van der Waals surface area contributed by atoms with Crippen molar-refractivity contribution in [1.82, 2.24) is 14.7 Å². The lowest BCUT2D eigenvalue weighted by Gasteiger charge is -2.29. The molecule has 0 amide bonds. The zero-order valence-electron chi connectivity index (χ0n) is 18.0. The Bertz CT molecular complexity index is 1040. The minimum atomic E-state index is -0.990. The molecule has 0 bridgehead atoms. The van der Waals surface area contributed by atoms with Gasteiger partial charge in [0.2, 0.25) is 5.88 Å². The second-order valence-electron chi connectivity index (χ2n) is 8.38. The first-order valence-electron chi connectivity index (χ1n) is 10.5. The fourth-order valence-electron chi connectivity index (χ4n) is 3.70. The second-order valence-corrected chi connectivity index (χ2v) is 8.38. The van der Waals surface area contributed by atoms with E-state index in [-0.39, 0.29) is 5.82 Å². The first-order valence-corrected chi connectivity index (χ1v) is 10.5. The molecule has 6 heteroatoms. The summed E-state index contributed by atoms with van der Waals surface area (Å²) in [5, 5.41) is 15.4. The molecular weight excluding hydrogens is 393 g/mol.